The Morgan fingerprint density at radius 2 is 1.84 bits per heavy atom. The fourth-order valence-electron chi connectivity index (χ4n) is 6.57. The van der Waals surface area contributed by atoms with Gasteiger partial charge in [-0.3, -0.25) is 4.79 Å². The molecule has 0 unspecified atom stereocenters. The lowest BCUT2D eigenvalue weighted by atomic mass is 9.83. The topological polar surface area (TPSA) is 92.1 Å². The molecule has 4 aliphatic heterocycles. The van der Waals surface area contributed by atoms with Crippen LogP contribution >= 0.6 is 0 Å². The molecule has 4 saturated heterocycles. The van der Waals surface area contributed by atoms with E-state index in [1.807, 2.05) is 24.3 Å². The molecule has 4 N–H and O–H groups in total. The van der Waals surface area contributed by atoms with Crippen LogP contribution in [0, 0.1) is 11.7 Å². The quantitative estimate of drug-likeness (QED) is 0.295. The van der Waals surface area contributed by atoms with Crippen LogP contribution in [0.4, 0.5) is 15.8 Å². The van der Waals surface area contributed by atoms with Crippen LogP contribution in [0.25, 0.3) is 33.3 Å². The average molecular weight is 516 g/mol. The lowest BCUT2D eigenvalue weighted by molar-refractivity contribution is 0.0976. The molecule has 0 aliphatic carbocycles. The van der Waals surface area contributed by atoms with E-state index in [1.165, 1.54) is 12.8 Å². The Morgan fingerprint density at radius 1 is 1.03 bits per heavy atom. The maximum atomic E-state index is 15.5. The van der Waals surface area contributed by atoms with Crippen LogP contribution in [0.5, 0.6) is 0 Å². The number of H-pyrrole nitrogens is 2. The molecule has 6 heterocycles. The van der Waals surface area contributed by atoms with Crippen molar-refractivity contribution in [2.45, 2.75) is 31.7 Å². The van der Waals surface area contributed by atoms with E-state index >= 15 is 4.39 Å². The molecule has 2 bridgehead atoms. The number of hydrogen-bond acceptors (Lipinski definition) is 6. The van der Waals surface area contributed by atoms with Gasteiger partial charge in [-0.25, -0.2) is 9.37 Å². The summed E-state index contributed by atoms with van der Waals surface area (Å²) >= 11 is 0. The number of imidazole rings is 1. The molecular weight excluding hydrogens is 481 g/mol. The number of para-hydroxylation sites is 2. The zero-order valence-corrected chi connectivity index (χ0v) is 21.5. The van der Waals surface area contributed by atoms with Gasteiger partial charge >= 0.3 is 0 Å². The van der Waals surface area contributed by atoms with Gasteiger partial charge in [0.25, 0.3) is 5.56 Å². The number of benzene rings is 2. The molecule has 9 heteroatoms. The third kappa shape index (κ3) is 4.33. The lowest BCUT2D eigenvalue weighted by Gasteiger charge is -2.45. The highest BCUT2D eigenvalue weighted by atomic mass is 19.1. The molecule has 4 fully saturated rings. The van der Waals surface area contributed by atoms with Crippen molar-refractivity contribution < 1.29 is 4.39 Å². The van der Waals surface area contributed by atoms with Crippen LogP contribution in [-0.4, -0.2) is 76.6 Å². The van der Waals surface area contributed by atoms with Gasteiger partial charge in [-0.1, -0.05) is 12.1 Å². The van der Waals surface area contributed by atoms with Crippen LogP contribution in [0.1, 0.15) is 25.7 Å². The number of pyridine rings is 1. The Labute approximate surface area is 220 Å². The van der Waals surface area contributed by atoms with Crippen molar-refractivity contribution in [2.24, 2.45) is 5.92 Å². The van der Waals surface area contributed by atoms with Crippen molar-refractivity contribution >= 4 is 33.3 Å². The zero-order chi connectivity index (χ0) is 25.6. The van der Waals surface area contributed by atoms with Crippen LogP contribution in [-0.2, 0) is 0 Å². The summed E-state index contributed by atoms with van der Waals surface area (Å²) in [5, 5.41) is 7.64. The van der Waals surface area contributed by atoms with E-state index in [0.717, 1.165) is 63.1 Å². The molecule has 2 aromatic carbocycles. The van der Waals surface area contributed by atoms with E-state index < -0.39 is 0 Å². The molecule has 0 amide bonds. The highest BCUT2D eigenvalue weighted by Crippen LogP contribution is 2.37. The predicted molar refractivity (Wildman–Crippen MR) is 150 cm³/mol. The molecule has 198 valence electrons. The maximum absolute atomic E-state index is 15.5. The van der Waals surface area contributed by atoms with Crippen molar-refractivity contribution in [3.63, 3.8) is 0 Å². The minimum absolute atomic E-state index is 0.201. The van der Waals surface area contributed by atoms with Crippen molar-refractivity contribution in [3.05, 3.63) is 52.6 Å². The van der Waals surface area contributed by atoms with Crippen LogP contribution in [0.15, 0.2) is 41.2 Å². The molecule has 0 saturated carbocycles. The maximum Gasteiger partial charge on any atom is 0.261 e. The number of likely N-dealkylation sites (tertiary alicyclic amines) is 1. The average Bonchev–Trinajstić information content (AvgIpc) is 3.60. The monoisotopic (exact) mass is 515 g/mol. The second kappa shape index (κ2) is 9.71. The number of hydrogen-bond donors (Lipinski definition) is 4. The van der Waals surface area contributed by atoms with E-state index in [0.29, 0.717) is 46.1 Å². The summed E-state index contributed by atoms with van der Waals surface area (Å²) in [6, 6.07) is 11.2. The van der Waals surface area contributed by atoms with Gasteiger partial charge in [0.1, 0.15) is 17.2 Å². The fourth-order valence-corrected chi connectivity index (χ4v) is 6.57. The third-order valence-corrected chi connectivity index (χ3v) is 8.66. The van der Waals surface area contributed by atoms with Crippen molar-refractivity contribution in [2.75, 3.05) is 56.4 Å². The van der Waals surface area contributed by atoms with Gasteiger partial charge in [0.15, 0.2) is 0 Å². The molecular formula is C29H34FN7O. The first-order chi connectivity index (χ1) is 18.6. The number of halogens is 1. The SMILES string of the molecule is O=c1[nH]c2cc(NCCN3CCCC3)c(F)cc2c(N[C@H]2CN3CCC2CC3)c1-c1nc2ccccc2[nH]1. The Hall–Kier alpha value is -3.43. The van der Waals surface area contributed by atoms with Gasteiger partial charge in [-0.15, -0.1) is 0 Å². The Bertz CT molecular complexity index is 1500. The van der Waals surface area contributed by atoms with Crippen molar-refractivity contribution in [1.29, 1.82) is 0 Å². The summed E-state index contributed by atoms with van der Waals surface area (Å²) in [5.41, 5.74) is 3.53. The smallest absolute Gasteiger partial charge is 0.261 e. The molecule has 4 aliphatic rings. The summed E-state index contributed by atoms with van der Waals surface area (Å²) in [4.78, 5) is 29.6. The molecule has 2 aromatic heterocycles. The number of anilines is 2. The number of fused-ring (bicyclic) bond motifs is 5. The first-order valence-electron chi connectivity index (χ1n) is 13.9. The number of aromatic nitrogens is 3. The Balaban J connectivity index is 1.30. The van der Waals surface area contributed by atoms with E-state index in [9.17, 15) is 4.79 Å². The van der Waals surface area contributed by atoms with E-state index in [-0.39, 0.29) is 17.4 Å². The summed E-state index contributed by atoms with van der Waals surface area (Å²) in [5.74, 6) is 0.707. The molecule has 0 spiro atoms. The highest BCUT2D eigenvalue weighted by molar-refractivity contribution is 6.00. The summed E-state index contributed by atoms with van der Waals surface area (Å²) in [6.45, 7) is 6.92. The number of nitrogens with one attached hydrogen (secondary N) is 4. The molecule has 4 aromatic rings. The van der Waals surface area contributed by atoms with Crippen LogP contribution in [0.2, 0.25) is 0 Å². The van der Waals surface area contributed by atoms with Gasteiger partial charge in [-0.05, 0) is 82.0 Å². The van der Waals surface area contributed by atoms with Crippen molar-refractivity contribution in [3.8, 4) is 11.4 Å². The lowest BCUT2D eigenvalue weighted by Crippen LogP contribution is -2.53. The minimum Gasteiger partial charge on any atom is -0.381 e. The number of aromatic amines is 2. The van der Waals surface area contributed by atoms with E-state index in [1.54, 1.807) is 12.1 Å². The third-order valence-electron chi connectivity index (χ3n) is 8.66. The van der Waals surface area contributed by atoms with Crippen molar-refractivity contribution in [1.82, 2.24) is 24.8 Å². The van der Waals surface area contributed by atoms with Gasteiger partial charge in [0.2, 0.25) is 0 Å². The van der Waals surface area contributed by atoms with Gasteiger partial charge in [0, 0.05) is 31.1 Å². The summed E-state index contributed by atoms with van der Waals surface area (Å²) in [7, 11) is 0. The normalized spacial score (nSPS) is 23.4. The van der Waals surface area contributed by atoms with Gasteiger partial charge < -0.3 is 30.4 Å². The summed E-state index contributed by atoms with van der Waals surface area (Å²) < 4.78 is 15.5. The minimum atomic E-state index is -0.321. The molecule has 8 nitrogen and oxygen atoms in total. The zero-order valence-electron chi connectivity index (χ0n) is 21.5. The molecule has 8 rings (SSSR count). The predicted octanol–water partition coefficient (Wildman–Crippen LogP) is 4.22. The molecule has 38 heavy (non-hydrogen) atoms. The second-order valence-corrected chi connectivity index (χ2v) is 11.0. The Kier molecular flexibility index (Phi) is 6.05. The molecule has 1 atom stereocenters. The number of rotatable bonds is 7. The van der Waals surface area contributed by atoms with E-state index in [4.69, 9.17) is 4.98 Å². The highest BCUT2D eigenvalue weighted by Gasteiger charge is 2.35. The second-order valence-electron chi connectivity index (χ2n) is 11.0. The summed E-state index contributed by atoms with van der Waals surface area (Å²) in [6.07, 6.45) is 4.74. The van der Waals surface area contributed by atoms with Gasteiger partial charge in [-0.2, -0.15) is 0 Å². The first kappa shape index (κ1) is 23.7. The van der Waals surface area contributed by atoms with Crippen LogP contribution in [0.3, 0.4) is 0 Å². The fraction of sp³-hybridized carbons (Fsp3) is 0.448. The number of nitrogens with zero attached hydrogens (tertiary/aromatic N) is 3. The van der Waals surface area contributed by atoms with Crippen LogP contribution < -0.4 is 16.2 Å². The standard InChI is InChI=1S/C29H34FN7O/c30-20-15-19-23(16-24(20)31-9-14-36-10-3-4-11-36)35-29(38)26(28-33-21-5-1-2-6-22(21)34-28)27(19)32-25-17-37-12-7-18(25)8-13-37/h1-2,5-6,15-16,18,25,31H,3-4,7-14,17H2,(H,33,34)(H2,32,35,38)/t25-/m0/s1. The largest absolute Gasteiger partial charge is 0.381 e. The van der Waals surface area contributed by atoms with Gasteiger partial charge in [0.05, 0.1) is 27.9 Å². The Morgan fingerprint density at radius 3 is 2.61 bits per heavy atom. The number of piperidine rings is 3. The molecule has 0 radical (unpaired) electrons. The first-order valence-corrected chi connectivity index (χ1v) is 13.9. The van der Waals surface area contributed by atoms with E-state index in [2.05, 4.69) is 30.4 Å².